The van der Waals surface area contributed by atoms with Crippen molar-refractivity contribution in [1.82, 2.24) is 19.9 Å². The Morgan fingerprint density at radius 1 is 0.979 bits per heavy atom. The number of benzene rings is 3. The number of anilines is 1. The van der Waals surface area contributed by atoms with Crippen molar-refractivity contribution in [3.63, 3.8) is 0 Å². The summed E-state index contributed by atoms with van der Waals surface area (Å²) in [6.07, 6.45) is 5.11. The van der Waals surface area contributed by atoms with E-state index in [1.165, 1.54) is 18.4 Å². The van der Waals surface area contributed by atoms with Crippen molar-refractivity contribution >= 4 is 28.5 Å². The maximum Gasteiger partial charge on any atom is 0.262 e. The summed E-state index contributed by atoms with van der Waals surface area (Å²) < 4.78 is 6.09. The molecule has 9 heteroatoms. The van der Waals surface area contributed by atoms with Gasteiger partial charge in [0.15, 0.2) is 0 Å². The zero-order chi connectivity index (χ0) is 32.3. The number of amides is 2. The molecular weight excluding hydrogens is 590 g/mol. The lowest BCUT2D eigenvalue weighted by atomic mass is 9.93. The first-order chi connectivity index (χ1) is 22.8. The molecule has 4 heterocycles. The van der Waals surface area contributed by atoms with Crippen LogP contribution in [0.4, 0.5) is 5.69 Å². The molecule has 3 aromatic carbocycles. The number of hydrogen-bond donors (Lipinski definition) is 2. The zero-order valence-corrected chi connectivity index (χ0v) is 26.6. The van der Waals surface area contributed by atoms with E-state index in [4.69, 9.17) is 9.72 Å². The van der Waals surface area contributed by atoms with Crippen molar-refractivity contribution in [3.8, 4) is 28.3 Å². The average Bonchev–Trinajstić information content (AvgIpc) is 3.86. The highest BCUT2D eigenvalue weighted by Crippen LogP contribution is 2.43. The topological polar surface area (TPSA) is 112 Å². The average molecular weight is 628 g/mol. The van der Waals surface area contributed by atoms with E-state index in [0.29, 0.717) is 67.5 Å². The fourth-order valence-electron chi connectivity index (χ4n) is 6.88. The maximum absolute atomic E-state index is 13.9. The number of carbonyl (C=O) groups excluding carboxylic acids is 2. The van der Waals surface area contributed by atoms with E-state index in [2.05, 4.69) is 16.0 Å². The molecule has 0 spiro atoms. The van der Waals surface area contributed by atoms with Crippen molar-refractivity contribution in [1.29, 1.82) is 0 Å². The second-order valence-corrected chi connectivity index (χ2v) is 13.3. The number of rotatable bonds is 5. The Labute approximate surface area is 273 Å². The van der Waals surface area contributed by atoms with Gasteiger partial charge in [-0.3, -0.25) is 9.59 Å². The molecule has 8 rings (SSSR count). The number of ether oxygens (including phenoxy) is 1. The molecule has 0 bridgehead atoms. The minimum atomic E-state index is -0.705. The van der Waals surface area contributed by atoms with Crippen molar-refractivity contribution in [3.05, 3.63) is 95.3 Å². The number of H-pyrrole nitrogens is 1. The number of aromatic nitrogens is 3. The summed E-state index contributed by atoms with van der Waals surface area (Å²) in [5, 5.41) is 11.1. The summed E-state index contributed by atoms with van der Waals surface area (Å²) in [5.74, 6) is 1.18. The number of likely N-dealkylation sites (tertiary alicyclic amines) is 1. The molecule has 1 saturated heterocycles. The van der Waals surface area contributed by atoms with Gasteiger partial charge < -0.3 is 24.6 Å². The third kappa shape index (κ3) is 5.44. The van der Waals surface area contributed by atoms with Crippen LogP contribution in [0.25, 0.3) is 33.5 Å². The largest absolute Gasteiger partial charge is 0.491 e. The summed E-state index contributed by atoms with van der Waals surface area (Å²) in [6, 6.07) is 21.6. The minimum Gasteiger partial charge on any atom is -0.491 e. The van der Waals surface area contributed by atoms with Gasteiger partial charge in [0.25, 0.3) is 11.8 Å². The molecule has 0 radical (unpaired) electrons. The predicted octanol–water partition coefficient (Wildman–Crippen LogP) is 6.50. The summed E-state index contributed by atoms with van der Waals surface area (Å²) in [7, 11) is 0. The van der Waals surface area contributed by atoms with Crippen LogP contribution in [0.15, 0.2) is 73.1 Å². The molecule has 2 amide bonds. The molecule has 2 N–H and O–H groups in total. The van der Waals surface area contributed by atoms with Gasteiger partial charge in [0.2, 0.25) is 0 Å². The Bertz CT molecular complexity index is 2020. The highest BCUT2D eigenvalue weighted by atomic mass is 16.5. The van der Waals surface area contributed by atoms with Gasteiger partial charge in [0.05, 0.1) is 23.4 Å². The van der Waals surface area contributed by atoms with Crippen LogP contribution in [0.2, 0.25) is 0 Å². The normalized spacial score (nSPS) is 17.7. The van der Waals surface area contributed by atoms with Crippen LogP contribution >= 0.6 is 0 Å². The number of piperidine rings is 1. The number of nitrogens with zero attached hydrogens (tertiary/aromatic N) is 4. The Kier molecular flexibility index (Phi) is 7.09. The van der Waals surface area contributed by atoms with Crippen LogP contribution in [0.5, 0.6) is 5.75 Å². The third-order valence-corrected chi connectivity index (χ3v) is 9.95. The van der Waals surface area contributed by atoms with Crippen LogP contribution in [0, 0.1) is 6.92 Å². The summed E-state index contributed by atoms with van der Waals surface area (Å²) in [5.41, 5.74) is 7.73. The molecule has 1 saturated carbocycles. The minimum absolute atomic E-state index is 0.0202. The van der Waals surface area contributed by atoms with Gasteiger partial charge in [0, 0.05) is 41.0 Å². The van der Waals surface area contributed by atoms with Crippen LogP contribution in [0.3, 0.4) is 0 Å². The quantitative estimate of drug-likeness (QED) is 0.230. The lowest BCUT2D eigenvalue weighted by molar-refractivity contribution is -0.00203. The number of aliphatic hydroxyl groups is 1. The lowest BCUT2D eigenvalue weighted by Crippen LogP contribution is -2.45. The smallest absolute Gasteiger partial charge is 0.262 e. The molecular formula is C38H37N5O4. The van der Waals surface area contributed by atoms with Gasteiger partial charge in [0.1, 0.15) is 24.3 Å². The molecule has 238 valence electrons. The molecule has 1 aliphatic carbocycles. The first kappa shape index (κ1) is 29.4. The van der Waals surface area contributed by atoms with Crippen LogP contribution in [-0.4, -0.2) is 68.6 Å². The number of fused-ring (bicyclic) bond motifs is 2. The summed E-state index contributed by atoms with van der Waals surface area (Å²) >= 11 is 0. The van der Waals surface area contributed by atoms with Crippen molar-refractivity contribution < 1.29 is 19.4 Å². The molecule has 0 atom stereocenters. The molecule has 0 unspecified atom stereocenters. The van der Waals surface area contributed by atoms with Crippen molar-refractivity contribution in [2.75, 3.05) is 31.1 Å². The Balaban J connectivity index is 1.08. The van der Waals surface area contributed by atoms with E-state index >= 15 is 0 Å². The van der Waals surface area contributed by atoms with E-state index in [-0.39, 0.29) is 11.8 Å². The molecule has 47 heavy (non-hydrogen) atoms. The third-order valence-electron chi connectivity index (χ3n) is 9.95. The van der Waals surface area contributed by atoms with Gasteiger partial charge in [-0.15, -0.1) is 0 Å². The SMILES string of the molecule is Cc1c(-c2ncnc3[nH]c(-c4ccc(C(=O)N5CCC(C)(O)CC5)cc4)cc23)cccc1N1CCOc2cc(C3CC3)ccc2C1=O. The maximum atomic E-state index is 13.9. The standard InChI is InChI=1S/C38H37N5O4/c1-23-28(4-3-5-32(23)43-18-19-47-33-20-27(24-6-7-24)12-13-29(33)37(43)45)34-30-21-31(41-35(30)40-22-39-34)25-8-10-26(11-9-25)36(44)42-16-14-38(2,46)15-17-42/h3-5,8-13,20-22,24,46H,6-7,14-19H2,1-2H3,(H,39,40,41). The van der Waals surface area contributed by atoms with E-state index < -0.39 is 5.60 Å². The summed E-state index contributed by atoms with van der Waals surface area (Å²) in [6.45, 7) is 5.81. The molecule has 2 fully saturated rings. The van der Waals surface area contributed by atoms with Gasteiger partial charge in [-0.25, -0.2) is 9.97 Å². The first-order valence-electron chi connectivity index (χ1n) is 16.4. The Morgan fingerprint density at radius 2 is 1.77 bits per heavy atom. The van der Waals surface area contributed by atoms with Gasteiger partial charge in [-0.2, -0.15) is 0 Å². The van der Waals surface area contributed by atoms with Crippen molar-refractivity contribution in [2.24, 2.45) is 0 Å². The number of aromatic amines is 1. The molecule has 2 aromatic heterocycles. The zero-order valence-electron chi connectivity index (χ0n) is 26.6. The van der Waals surface area contributed by atoms with E-state index in [1.54, 1.807) is 6.33 Å². The van der Waals surface area contributed by atoms with Gasteiger partial charge in [-0.1, -0.05) is 30.3 Å². The number of nitrogens with one attached hydrogen (secondary N) is 1. The molecule has 3 aliphatic rings. The predicted molar refractivity (Wildman–Crippen MR) is 181 cm³/mol. The second kappa shape index (κ2) is 11.3. The molecule has 2 aliphatic heterocycles. The highest BCUT2D eigenvalue weighted by molar-refractivity contribution is 6.09. The van der Waals surface area contributed by atoms with E-state index in [9.17, 15) is 14.7 Å². The monoisotopic (exact) mass is 627 g/mol. The number of carbonyl (C=O) groups is 2. The fourth-order valence-corrected chi connectivity index (χ4v) is 6.88. The Hall–Kier alpha value is -5.02. The van der Waals surface area contributed by atoms with E-state index in [1.807, 2.05) is 84.3 Å². The van der Waals surface area contributed by atoms with Crippen LogP contribution in [0.1, 0.15) is 70.4 Å². The van der Waals surface area contributed by atoms with Crippen LogP contribution < -0.4 is 9.64 Å². The van der Waals surface area contributed by atoms with Gasteiger partial charge >= 0.3 is 0 Å². The summed E-state index contributed by atoms with van der Waals surface area (Å²) in [4.78, 5) is 43.3. The van der Waals surface area contributed by atoms with Gasteiger partial charge in [-0.05, 0) is 98.5 Å². The second-order valence-electron chi connectivity index (χ2n) is 13.3. The van der Waals surface area contributed by atoms with Crippen LogP contribution in [-0.2, 0) is 0 Å². The molecule has 5 aromatic rings. The fraction of sp³-hybridized carbons (Fsp3) is 0.316. The number of hydrogen-bond acceptors (Lipinski definition) is 6. The first-order valence-corrected chi connectivity index (χ1v) is 16.4. The molecule has 9 nitrogen and oxygen atoms in total. The van der Waals surface area contributed by atoms with E-state index in [0.717, 1.165) is 39.2 Å². The lowest BCUT2D eigenvalue weighted by Gasteiger charge is -2.35. The highest BCUT2D eigenvalue weighted by Gasteiger charge is 2.31. The Morgan fingerprint density at radius 3 is 2.53 bits per heavy atom. The van der Waals surface area contributed by atoms with Crippen molar-refractivity contribution in [2.45, 2.75) is 51.0 Å².